The number of rotatable bonds is 3. The summed E-state index contributed by atoms with van der Waals surface area (Å²) in [4.78, 5) is 12.0. The number of hydrogen-bond donors (Lipinski definition) is 1. The van der Waals surface area contributed by atoms with Gasteiger partial charge in [-0.1, -0.05) is 12.1 Å². The van der Waals surface area contributed by atoms with Gasteiger partial charge in [-0.15, -0.1) is 0 Å². The summed E-state index contributed by atoms with van der Waals surface area (Å²) < 4.78 is 0. The Balaban J connectivity index is 2.07. The number of nitro benzene ring substituents is 1. The third-order valence-corrected chi connectivity index (χ3v) is 3.09. The van der Waals surface area contributed by atoms with Crippen LogP contribution in [-0.2, 0) is 0 Å². The highest BCUT2D eigenvalue weighted by atomic mass is 16.6. The van der Waals surface area contributed by atoms with Crippen LogP contribution in [-0.4, -0.2) is 49.4 Å². The second-order valence-corrected chi connectivity index (χ2v) is 4.47. The molecule has 0 atom stereocenters. The van der Waals surface area contributed by atoms with Crippen LogP contribution in [0.5, 0.6) is 0 Å². The van der Waals surface area contributed by atoms with E-state index >= 15 is 0 Å². The lowest BCUT2D eigenvalue weighted by Crippen LogP contribution is -3.11. The third kappa shape index (κ3) is 3.04. The number of hydrogen-bond acceptors (Lipinski definition) is 4. The Morgan fingerprint density at radius 1 is 1.39 bits per heavy atom. The van der Waals surface area contributed by atoms with Gasteiger partial charge < -0.3 is 4.90 Å². The summed E-state index contributed by atoms with van der Waals surface area (Å²) in [5.74, 6) is 0. The van der Waals surface area contributed by atoms with Crippen molar-refractivity contribution in [3.63, 3.8) is 0 Å². The van der Waals surface area contributed by atoms with Crippen molar-refractivity contribution >= 4 is 11.9 Å². The molecule has 0 spiro atoms. The number of quaternary nitrogens is 1. The van der Waals surface area contributed by atoms with Gasteiger partial charge in [-0.2, -0.15) is 5.10 Å². The van der Waals surface area contributed by atoms with E-state index in [2.05, 4.69) is 12.1 Å². The lowest BCUT2D eigenvalue weighted by molar-refractivity contribution is -0.884. The molecule has 0 saturated carbocycles. The van der Waals surface area contributed by atoms with Gasteiger partial charge in [0.1, 0.15) is 0 Å². The fraction of sp³-hybridized carbons (Fsp3) is 0.417. The van der Waals surface area contributed by atoms with Crippen LogP contribution in [0.15, 0.2) is 29.4 Å². The summed E-state index contributed by atoms with van der Waals surface area (Å²) in [5.41, 5.74) is 0.648. The molecule has 0 radical (unpaired) electrons. The maximum Gasteiger partial charge on any atom is 0.278 e. The molecule has 0 aromatic heterocycles. The third-order valence-electron chi connectivity index (χ3n) is 3.09. The van der Waals surface area contributed by atoms with E-state index in [0.29, 0.717) is 5.56 Å². The average molecular weight is 249 g/mol. The normalized spacial score (nSPS) is 17.3. The molecule has 6 nitrogen and oxygen atoms in total. The van der Waals surface area contributed by atoms with E-state index in [9.17, 15) is 10.1 Å². The first-order valence-electron chi connectivity index (χ1n) is 6.00. The maximum absolute atomic E-state index is 10.8. The summed E-state index contributed by atoms with van der Waals surface area (Å²) in [5, 5.41) is 17.1. The average Bonchev–Trinajstić information content (AvgIpc) is 2.38. The van der Waals surface area contributed by atoms with Crippen molar-refractivity contribution in [1.29, 1.82) is 0 Å². The number of nitrogens with zero attached hydrogens (tertiary/aromatic N) is 3. The van der Waals surface area contributed by atoms with Crippen LogP contribution in [0.25, 0.3) is 0 Å². The van der Waals surface area contributed by atoms with Crippen molar-refractivity contribution in [2.24, 2.45) is 5.10 Å². The van der Waals surface area contributed by atoms with Crippen molar-refractivity contribution in [1.82, 2.24) is 5.01 Å². The highest BCUT2D eigenvalue weighted by Crippen LogP contribution is 2.15. The van der Waals surface area contributed by atoms with Crippen LogP contribution in [0.1, 0.15) is 5.56 Å². The molecule has 0 bridgehead atoms. The molecule has 0 aliphatic carbocycles. The molecule has 6 heteroatoms. The van der Waals surface area contributed by atoms with Gasteiger partial charge in [-0.25, -0.2) is 0 Å². The molecule has 0 unspecified atom stereocenters. The zero-order chi connectivity index (χ0) is 13.0. The minimum absolute atomic E-state index is 0.0982. The first-order chi connectivity index (χ1) is 8.66. The molecule has 1 fully saturated rings. The minimum Gasteiger partial charge on any atom is -0.334 e. The lowest BCUT2D eigenvalue weighted by atomic mass is 10.2. The quantitative estimate of drug-likeness (QED) is 0.457. The second kappa shape index (κ2) is 5.59. The topological polar surface area (TPSA) is 63.2 Å². The van der Waals surface area contributed by atoms with Gasteiger partial charge in [-0.05, 0) is 6.07 Å². The van der Waals surface area contributed by atoms with E-state index in [0.717, 1.165) is 26.2 Å². The van der Waals surface area contributed by atoms with Crippen molar-refractivity contribution in [3.05, 3.63) is 39.9 Å². The monoisotopic (exact) mass is 249 g/mol. The molecule has 0 amide bonds. The molecule has 1 saturated heterocycles. The number of nitrogens with one attached hydrogen (secondary N) is 1. The Morgan fingerprint density at radius 2 is 2.06 bits per heavy atom. The molecule has 1 heterocycles. The van der Waals surface area contributed by atoms with Crippen molar-refractivity contribution in [2.75, 3.05) is 33.2 Å². The van der Waals surface area contributed by atoms with Gasteiger partial charge in [-0.3, -0.25) is 15.1 Å². The number of hydrazone groups is 1. The molecule has 1 aliphatic heterocycles. The summed E-state index contributed by atoms with van der Waals surface area (Å²) in [6.07, 6.45) is 1.58. The number of nitro groups is 1. The Kier molecular flexibility index (Phi) is 3.88. The van der Waals surface area contributed by atoms with Crippen LogP contribution >= 0.6 is 0 Å². The van der Waals surface area contributed by atoms with Gasteiger partial charge in [0.2, 0.25) is 0 Å². The molecule has 18 heavy (non-hydrogen) atoms. The predicted molar refractivity (Wildman–Crippen MR) is 68.9 cm³/mol. The maximum atomic E-state index is 10.8. The highest BCUT2D eigenvalue weighted by Gasteiger charge is 2.15. The highest BCUT2D eigenvalue weighted by molar-refractivity contribution is 5.84. The van der Waals surface area contributed by atoms with Gasteiger partial charge in [0.05, 0.1) is 49.9 Å². The molecule has 1 aromatic carbocycles. The molecular formula is C12H17N4O2+. The Bertz CT molecular complexity index is 453. The number of benzene rings is 1. The van der Waals surface area contributed by atoms with Crippen LogP contribution < -0.4 is 4.90 Å². The summed E-state index contributed by atoms with van der Waals surface area (Å²) in [6.45, 7) is 3.88. The van der Waals surface area contributed by atoms with Crippen LogP contribution in [0, 0.1) is 10.1 Å². The number of para-hydroxylation sites is 1. The molecule has 2 rings (SSSR count). The van der Waals surface area contributed by atoms with Crippen LogP contribution in [0.3, 0.4) is 0 Å². The minimum atomic E-state index is -0.379. The van der Waals surface area contributed by atoms with Gasteiger partial charge in [0, 0.05) is 6.07 Å². The lowest BCUT2D eigenvalue weighted by Gasteiger charge is -2.27. The Morgan fingerprint density at radius 3 is 2.72 bits per heavy atom. The van der Waals surface area contributed by atoms with Crippen molar-refractivity contribution < 1.29 is 9.82 Å². The predicted octanol–water partition coefficient (Wildman–Crippen LogP) is -0.241. The second-order valence-electron chi connectivity index (χ2n) is 4.47. The summed E-state index contributed by atoms with van der Waals surface area (Å²) in [6, 6.07) is 6.65. The van der Waals surface area contributed by atoms with Crippen LogP contribution in [0.4, 0.5) is 5.69 Å². The van der Waals surface area contributed by atoms with E-state index < -0.39 is 0 Å². The fourth-order valence-corrected chi connectivity index (χ4v) is 1.90. The van der Waals surface area contributed by atoms with Gasteiger partial charge in [0.15, 0.2) is 0 Å². The Hall–Kier alpha value is -1.95. The smallest absolute Gasteiger partial charge is 0.278 e. The zero-order valence-electron chi connectivity index (χ0n) is 10.4. The van der Waals surface area contributed by atoms with E-state index in [4.69, 9.17) is 0 Å². The van der Waals surface area contributed by atoms with E-state index in [1.165, 1.54) is 11.0 Å². The van der Waals surface area contributed by atoms with Gasteiger partial charge in [0.25, 0.3) is 5.69 Å². The van der Waals surface area contributed by atoms with Gasteiger partial charge >= 0.3 is 0 Å². The first-order valence-corrected chi connectivity index (χ1v) is 6.00. The van der Waals surface area contributed by atoms with E-state index in [1.807, 2.05) is 5.01 Å². The standard InChI is InChI=1S/C12H16N4O2/c1-14-6-8-15(9-7-14)13-10-11-4-2-3-5-12(11)16(17)18/h2-5,10H,6-9H2,1H3/p+1/b13-10-. The summed E-state index contributed by atoms with van der Waals surface area (Å²) >= 11 is 0. The SMILES string of the molecule is C[NH+]1CCN(/N=C\c2ccccc2[N+](=O)[O-])CC1. The zero-order valence-corrected chi connectivity index (χ0v) is 10.4. The van der Waals surface area contributed by atoms with Crippen molar-refractivity contribution in [2.45, 2.75) is 0 Å². The molecule has 1 aliphatic rings. The molecule has 96 valence electrons. The largest absolute Gasteiger partial charge is 0.334 e. The molecular weight excluding hydrogens is 232 g/mol. The van der Waals surface area contributed by atoms with Crippen molar-refractivity contribution in [3.8, 4) is 0 Å². The fourth-order valence-electron chi connectivity index (χ4n) is 1.90. The number of piperazine rings is 1. The number of likely N-dealkylation sites (N-methyl/N-ethyl adjacent to an activating group) is 1. The summed E-state index contributed by atoms with van der Waals surface area (Å²) in [7, 11) is 2.16. The molecule has 1 N–H and O–H groups in total. The first kappa shape index (κ1) is 12.5. The van der Waals surface area contributed by atoms with E-state index in [1.54, 1.807) is 24.4 Å². The van der Waals surface area contributed by atoms with E-state index in [-0.39, 0.29) is 10.6 Å². The molecule has 1 aromatic rings. The Labute approximate surface area is 106 Å². The van der Waals surface area contributed by atoms with Crippen LogP contribution in [0.2, 0.25) is 0 Å².